The zero-order valence-corrected chi connectivity index (χ0v) is 17.8. The molecule has 0 aliphatic carbocycles. The minimum absolute atomic E-state index is 0.0115. The number of amides is 1. The van der Waals surface area contributed by atoms with Crippen LogP contribution in [0.25, 0.3) is 11.2 Å². The van der Waals surface area contributed by atoms with Gasteiger partial charge in [0.05, 0.1) is 11.9 Å². The Morgan fingerprint density at radius 2 is 1.88 bits per heavy atom. The number of imidazole rings is 1. The van der Waals surface area contributed by atoms with Crippen LogP contribution >= 0.6 is 0 Å². The number of hydrogen-bond donors (Lipinski definition) is 1. The van der Waals surface area contributed by atoms with E-state index in [1.54, 1.807) is 24.8 Å². The van der Waals surface area contributed by atoms with Gasteiger partial charge in [-0.2, -0.15) is 0 Å². The number of nitrogens with zero attached hydrogens (tertiary/aromatic N) is 4. The minimum Gasteiger partial charge on any atom is -0.339 e. The van der Waals surface area contributed by atoms with E-state index >= 15 is 0 Å². The van der Waals surface area contributed by atoms with Gasteiger partial charge in [0.15, 0.2) is 5.65 Å². The first-order chi connectivity index (χ1) is 15.7. The van der Waals surface area contributed by atoms with Crippen LogP contribution in [0.1, 0.15) is 40.2 Å². The van der Waals surface area contributed by atoms with Crippen molar-refractivity contribution in [1.82, 2.24) is 24.4 Å². The summed E-state index contributed by atoms with van der Waals surface area (Å²) in [7, 11) is 0. The van der Waals surface area contributed by atoms with E-state index in [0.717, 1.165) is 42.5 Å². The number of aromatic amines is 1. The lowest BCUT2D eigenvalue weighted by Gasteiger charge is -2.32. The third kappa shape index (κ3) is 4.19. The highest BCUT2D eigenvalue weighted by atomic mass is 16.2. The van der Waals surface area contributed by atoms with E-state index in [-0.39, 0.29) is 11.5 Å². The number of aryl methyl sites for hydroxylation is 2. The van der Waals surface area contributed by atoms with E-state index in [2.05, 4.69) is 27.1 Å². The van der Waals surface area contributed by atoms with Crippen LogP contribution in [-0.2, 0) is 13.0 Å². The Morgan fingerprint density at radius 1 is 1.06 bits per heavy atom. The fourth-order valence-electron chi connectivity index (χ4n) is 4.44. The van der Waals surface area contributed by atoms with Crippen molar-refractivity contribution in [2.24, 2.45) is 0 Å². The lowest BCUT2D eigenvalue weighted by atomic mass is 9.90. The number of nitrogens with one attached hydrogen (secondary N) is 1. The monoisotopic (exact) mass is 427 g/mol. The molecule has 1 aromatic carbocycles. The lowest BCUT2D eigenvalue weighted by Crippen LogP contribution is -2.38. The molecule has 1 fully saturated rings. The van der Waals surface area contributed by atoms with Gasteiger partial charge in [0.2, 0.25) is 5.56 Å². The molecule has 1 saturated heterocycles. The average Bonchev–Trinajstić information content (AvgIpc) is 3.25. The van der Waals surface area contributed by atoms with E-state index in [1.165, 1.54) is 5.56 Å². The van der Waals surface area contributed by atoms with Gasteiger partial charge in [0.25, 0.3) is 5.91 Å². The molecule has 0 atom stereocenters. The maximum Gasteiger partial charge on any atom is 0.255 e. The first-order valence-electron chi connectivity index (χ1n) is 11.0. The zero-order valence-electron chi connectivity index (χ0n) is 17.8. The summed E-state index contributed by atoms with van der Waals surface area (Å²) >= 11 is 0. The first kappa shape index (κ1) is 20.2. The number of benzene rings is 1. The van der Waals surface area contributed by atoms with Gasteiger partial charge in [-0.25, -0.2) is 9.97 Å². The molecule has 3 aromatic heterocycles. The summed E-state index contributed by atoms with van der Waals surface area (Å²) in [4.78, 5) is 38.2. The largest absolute Gasteiger partial charge is 0.339 e. The quantitative estimate of drug-likeness (QED) is 0.529. The van der Waals surface area contributed by atoms with Crippen molar-refractivity contribution in [3.05, 3.63) is 94.3 Å². The molecular weight excluding hydrogens is 402 g/mol. The van der Waals surface area contributed by atoms with E-state index in [9.17, 15) is 9.59 Å². The number of fused-ring (bicyclic) bond motifs is 1. The molecule has 0 unspecified atom stereocenters. The molecule has 4 heterocycles. The highest BCUT2D eigenvalue weighted by Crippen LogP contribution is 2.28. The molecule has 4 aromatic rings. The van der Waals surface area contributed by atoms with Gasteiger partial charge in [-0.15, -0.1) is 0 Å². The minimum atomic E-state index is -0.0800. The third-order valence-corrected chi connectivity index (χ3v) is 6.24. The Hall–Kier alpha value is -3.74. The summed E-state index contributed by atoms with van der Waals surface area (Å²) in [6, 6.07) is 15.8. The number of carbonyl (C=O) groups excluding carboxylic acids is 1. The van der Waals surface area contributed by atoms with Crippen molar-refractivity contribution in [2.75, 3.05) is 13.1 Å². The Labute approximate surface area is 185 Å². The van der Waals surface area contributed by atoms with Crippen molar-refractivity contribution in [1.29, 1.82) is 0 Å². The van der Waals surface area contributed by atoms with E-state index < -0.39 is 0 Å². The number of carbonyl (C=O) groups is 1. The van der Waals surface area contributed by atoms with Crippen molar-refractivity contribution >= 4 is 17.1 Å². The zero-order chi connectivity index (χ0) is 21.9. The number of likely N-dealkylation sites (tertiary alicyclic amines) is 1. The number of pyridine rings is 2. The van der Waals surface area contributed by atoms with Gasteiger partial charge in [-0.1, -0.05) is 30.3 Å². The fraction of sp³-hybridized carbons (Fsp3) is 0.280. The highest BCUT2D eigenvalue weighted by Gasteiger charge is 2.25. The maximum atomic E-state index is 13.1. The van der Waals surface area contributed by atoms with Crippen molar-refractivity contribution < 1.29 is 4.79 Å². The second kappa shape index (κ2) is 8.78. The van der Waals surface area contributed by atoms with Crippen molar-refractivity contribution in [3.63, 3.8) is 0 Å². The van der Waals surface area contributed by atoms with Crippen LogP contribution in [0.5, 0.6) is 0 Å². The van der Waals surface area contributed by atoms with Crippen LogP contribution in [-0.4, -0.2) is 43.4 Å². The van der Waals surface area contributed by atoms with Crippen LogP contribution in [0.3, 0.4) is 0 Å². The van der Waals surface area contributed by atoms with Gasteiger partial charge in [-0.3, -0.25) is 9.59 Å². The van der Waals surface area contributed by atoms with Gasteiger partial charge >= 0.3 is 0 Å². The maximum absolute atomic E-state index is 13.1. The first-order valence-corrected chi connectivity index (χ1v) is 11.0. The molecule has 1 aliphatic heterocycles. The number of rotatable bonds is 5. The Bertz CT molecular complexity index is 1290. The van der Waals surface area contributed by atoms with Crippen LogP contribution in [0.4, 0.5) is 0 Å². The summed E-state index contributed by atoms with van der Waals surface area (Å²) in [5.41, 5.74) is 4.34. The summed E-state index contributed by atoms with van der Waals surface area (Å²) in [5.74, 6) is 0.296. The van der Waals surface area contributed by atoms with Gasteiger partial charge in [0, 0.05) is 38.1 Å². The molecule has 32 heavy (non-hydrogen) atoms. The molecule has 0 saturated carbocycles. The Balaban J connectivity index is 1.25. The van der Waals surface area contributed by atoms with Gasteiger partial charge in [-0.05, 0) is 48.4 Å². The van der Waals surface area contributed by atoms with E-state index in [1.807, 2.05) is 39.8 Å². The van der Waals surface area contributed by atoms with E-state index in [0.29, 0.717) is 24.6 Å². The molecule has 1 amide bonds. The lowest BCUT2D eigenvalue weighted by molar-refractivity contribution is 0.0712. The standard InChI is InChI=1S/C25H25N5O2/c31-23-15-20(6-10-26-23)19-8-12-29(13-9-19)25(32)21-14-22-24(27-16-21)30(17-28-22)11-7-18-4-2-1-3-5-18/h1-6,10,14-17,19H,7-9,11-13H2,(H,26,31). The molecule has 0 spiro atoms. The van der Waals surface area contributed by atoms with Crippen LogP contribution < -0.4 is 5.56 Å². The summed E-state index contributed by atoms with van der Waals surface area (Å²) in [5, 5.41) is 0. The topological polar surface area (TPSA) is 83.9 Å². The van der Waals surface area contributed by atoms with Gasteiger partial charge in [0.1, 0.15) is 5.52 Å². The molecule has 7 heteroatoms. The van der Waals surface area contributed by atoms with Crippen molar-refractivity contribution in [3.8, 4) is 0 Å². The van der Waals surface area contributed by atoms with Crippen LogP contribution in [0.2, 0.25) is 0 Å². The highest BCUT2D eigenvalue weighted by molar-refractivity contribution is 5.96. The molecule has 0 bridgehead atoms. The molecule has 1 N–H and O–H groups in total. The van der Waals surface area contributed by atoms with Gasteiger partial charge < -0.3 is 14.5 Å². The SMILES string of the molecule is O=C(c1cnc2c(c1)ncn2CCc1ccccc1)N1CCC(c2cc[nH]c(=O)c2)CC1. The Kier molecular flexibility index (Phi) is 5.54. The predicted molar refractivity (Wildman–Crippen MR) is 123 cm³/mol. The number of hydrogen-bond acceptors (Lipinski definition) is 4. The predicted octanol–water partition coefficient (Wildman–Crippen LogP) is 3.38. The average molecular weight is 428 g/mol. The second-order valence-electron chi connectivity index (χ2n) is 8.29. The van der Waals surface area contributed by atoms with Crippen molar-refractivity contribution in [2.45, 2.75) is 31.7 Å². The van der Waals surface area contributed by atoms with E-state index in [4.69, 9.17) is 0 Å². The smallest absolute Gasteiger partial charge is 0.255 e. The number of piperidine rings is 1. The summed E-state index contributed by atoms with van der Waals surface area (Å²) in [6.45, 7) is 2.12. The molecule has 1 aliphatic rings. The normalized spacial score (nSPS) is 14.7. The van der Waals surface area contributed by atoms with Crippen LogP contribution in [0.15, 0.2) is 72.0 Å². The van der Waals surface area contributed by atoms with Crippen LogP contribution in [0, 0.1) is 0 Å². The second-order valence-corrected chi connectivity index (χ2v) is 8.29. The Morgan fingerprint density at radius 3 is 2.66 bits per heavy atom. The summed E-state index contributed by atoms with van der Waals surface area (Å²) < 4.78 is 2.03. The molecular formula is C25H25N5O2. The molecule has 5 rings (SSSR count). The summed E-state index contributed by atoms with van der Waals surface area (Å²) in [6.07, 6.45) is 7.74. The number of aromatic nitrogens is 4. The molecule has 7 nitrogen and oxygen atoms in total. The third-order valence-electron chi connectivity index (χ3n) is 6.24. The molecule has 162 valence electrons. The fourth-order valence-corrected chi connectivity index (χ4v) is 4.44. The molecule has 0 radical (unpaired) electrons. The number of H-pyrrole nitrogens is 1.